The first-order valence-electron chi connectivity index (χ1n) is 7.36. The van der Waals surface area contributed by atoms with Crippen molar-refractivity contribution in [3.8, 4) is 0 Å². The van der Waals surface area contributed by atoms with Crippen LogP contribution in [-0.4, -0.2) is 32.4 Å². The molecule has 2 atom stereocenters. The Bertz CT molecular complexity index is 356. The van der Waals surface area contributed by atoms with Gasteiger partial charge in [-0.25, -0.2) is 0 Å². The maximum atomic E-state index is 6.09. The summed E-state index contributed by atoms with van der Waals surface area (Å²) >= 11 is 5.94. The van der Waals surface area contributed by atoms with Crippen LogP contribution in [0.2, 0.25) is 5.02 Å². The topological polar surface area (TPSA) is 30.5 Å². The standard InChI is InChI=1S/C16H26ClNO2/c1-4-10-18-11-16(20-13(3)12-19-5-2)14-6-8-15(17)9-7-14/h6-9,13,16,18H,4-5,10-12H2,1-3H3. The lowest BCUT2D eigenvalue weighted by atomic mass is 10.1. The quantitative estimate of drug-likeness (QED) is 0.666. The second-order valence-corrected chi connectivity index (χ2v) is 5.29. The van der Waals surface area contributed by atoms with E-state index in [1.807, 2.05) is 38.1 Å². The van der Waals surface area contributed by atoms with Crippen LogP contribution in [0.1, 0.15) is 38.9 Å². The molecule has 0 saturated carbocycles. The molecule has 4 heteroatoms. The maximum absolute atomic E-state index is 6.09. The Labute approximate surface area is 127 Å². The largest absolute Gasteiger partial charge is 0.379 e. The molecular weight excluding hydrogens is 274 g/mol. The summed E-state index contributed by atoms with van der Waals surface area (Å²) < 4.78 is 11.5. The monoisotopic (exact) mass is 299 g/mol. The fourth-order valence-corrected chi connectivity index (χ4v) is 2.06. The van der Waals surface area contributed by atoms with Crippen LogP contribution in [0, 0.1) is 0 Å². The van der Waals surface area contributed by atoms with Gasteiger partial charge in [-0.2, -0.15) is 0 Å². The van der Waals surface area contributed by atoms with Crippen LogP contribution >= 0.6 is 11.6 Å². The van der Waals surface area contributed by atoms with Gasteiger partial charge >= 0.3 is 0 Å². The highest BCUT2D eigenvalue weighted by molar-refractivity contribution is 6.30. The third-order valence-corrected chi connectivity index (χ3v) is 3.20. The third-order valence-electron chi connectivity index (χ3n) is 2.95. The molecule has 0 amide bonds. The van der Waals surface area contributed by atoms with Crippen molar-refractivity contribution in [2.75, 3.05) is 26.3 Å². The summed E-state index contributed by atoms with van der Waals surface area (Å²) in [5.41, 5.74) is 1.14. The Balaban J connectivity index is 2.61. The molecule has 0 radical (unpaired) electrons. The SMILES string of the molecule is CCCNCC(OC(C)COCC)c1ccc(Cl)cc1. The van der Waals surface area contributed by atoms with Crippen molar-refractivity contribution in [3.63, 3.8) is 0 Å². The molecule has 0 spiro atoms. The van der Waals surface area contributed by atoms with Gasteiger partial charge in [0.15, 0.2) is 0 Å². The Morgan fingerprint density at radius 3 is 2.50 bits per heavy atom. The van der Waals surface area contributed by atoms with Crippen molar-refractivity contribution in [3.05, 3.63) is 34.9 Å². The average Bonchev–Trinajstić information content (AvgIpc) is 2.45. The average molecular weight is 300 g/mol. The molecule has 0 aromatic heterocycles. The summed E-state index contributed by atoms with van der Waals surface area (Å²) in [4.78, 5) is 0. The third kappa shape index (κ3) is 6.71. The van der Waals surface area contributed by atoms with E-state index < -0.39 is 0 Å². The summed E-state index contributed by atoms with van der Waals surface area (Å²) in [6.07, 6.45) is 1.20. The van der Waals surface area contributed by atoms with Gasteiger partial charge in [0, 0.05) is 18.2 Å². The Morgan fingerprint density at radius 1 is 1.20 bits per heavy atom. The molecule has 0 aliphatic carbocycles. The fourth-order valence-electron chi connectivity index (χ4n) is 1.94. The van der Waals surface area contributed by atoms with Crippen LogP contribution in [0.4, 0.5) is 0 Å². The van der Waals surface area contributed by atoms with Gasteiger partial charge in [0.05, 0.1) is 18.8 Å². The molecule has 1 aromatic carbocycles. The molecule has 2 unspecified atom stereocenters. The second-order valence-electron chi connectivity index (χ2n) is 4.85. The normalized spacial score (nSPS) is 14.2. The molecule has 3 nitrogen and oxygen atoms in total. The zero-order valence-corrected chi connectivity index (χ0v) is 13.5. The lowest BCUT2D eigenvalue weighted by molar-refractivity contribution is -0.0469. The highest BCUT2D eigenvalue weighted by atomic mass is 35.5. The Hall–Kier alpha value is -0.610. The molecule has 0 bridgehead atoms. The fraction of sp³-hybridized carbons (Fsp3) is 0.625. The number of hydrogen-bond acceptors (Lipinski definition) is 3. The van der Waals surface area contributed by atoms with Gasteiger partial charge < -0.3 is 14.8 Å². The first kappa shape index (κ1) is 17.4. The van der Waals surface area contributed by atoms with Gasteiger partial charge in [0.25, 0.3) is 0 Å². The molecule has 1 aromatic rings. The molecule has 1 rings (SSSR count). The van der Waals surface area contributed by atoms with E-state index in [4.69, 9.17) is 21.1 Å². The highest BCUT2D eigenvalue weighted by Crippen LogP contribution is 2.21. The zero-order chi connectivity index (χ0) is 14.8. The lowest BCUT2D eigenvalue weighted by Crippen LogP contribution is -2.28. The van der Waals surface area contributed by atoms with E-state index in [2.05, 4.69) is 12.2 Å². The summed E-state index contributed by atoms with van der Waals surface area (Å²) in [6.45, 7) is 9.31. The van der Waals surface area contributed by atoms with E-state index in [0.717, 1.165) is 30.1 Å². The summed E-state index contributed by atoms with van der Waals surface area (Å²) in [5.74, 6) is 0. The summed E-state index contributed by atoms with van der Waals surface area (Å²) in [6, 6.07) is 7.85. The predicted octanol–water partition coefficient (Wildman–Crippen LogP) is 3.82. The first-order valence-corrected chi connectivity index (χ1v) is 7.74. The van der Waals surface area contributed by atoms with Gasteiger partial charge in [-0.15, -0.1) is 0 Å². The van der Waals surface area contributed by atoms with Crippen LogP contribution in [0.25, 0.3) is 0 Å². The van der Waals surface area contributed by atoms with Crippen molar-refractivity contribution in [1.29, 1.82) is 0 Å². The summed E-state index contributed by atoms with van der Waals surface area (Å²) in [5, 5.41) is 4.16. The number of hydrogen-bond donors (Lipinski definition) is 1. The highest BCUT2D eigenvalue weighted by Gasteiger charge is 2.15. The number of ether oxygens (including phenoxy) is 2. The Morgan fingerprint density at radius 2 is 1.90 bits per heavy atom. The van der Waals surface area contributed by atoms with E-state index in [-0.39, 0.29) is 12.2 Å². The van der Waals surface area contributed by atoms with Crippen LogP contribution in [0.15, 0.2) is 24.3 Å². The van der Waals surface area contributed by atoms with Gasteiger partial charge in [-0.1, -0.05) is 30.7 Å². The van der Waals surface area contributed by atoms with Gasteiger partial charge in [-0.05, 0) is 44.5 Å². The van der Waals surface area contributed by atoms with Crippen molar-refractivity contribution >= 4 is 11.6 Å². The smallest absolute Gasteiger partial charge is 0.0954 e. The molecule has 0 heterocycles. The molecule has 0 aliphatic heterocycles. The van der Waals surface area contributed by atoms with E-state index in [9.17, 15) is 0 Å². The maximum Gasteiger partial charge on any atom is 0.0954 e. The van der Waals surface area contributed by atoms with E-state index in [0.29, 0.717) is 13.2 Å². The van der Waals surface area contributed by atoms with Crippen LogP contribution in [0.5, 0.6) is 0 Å². The number of halogens is 1. The summed E-state index contributed by atoms with van der Waals surface area (Å²) in [7, 11) is 0. The number of nitrogens with one attached hydrogen (secondary N) is 1. The molecule has 1 N–H and O–H groups in total. The van der Waals surface area contributed by atoms with Crippen molar-refractivity contribution in [2.24, 2.45) is 0 Å². The minimum Gasteiger partial charge on any atom is -0.379 e. The molecule has 0 saturated heterocycles. The van der Waals surface area contributed by atoms with Crippen molar-refractivity contribution in [1.82, 2.24) is 5.32 Å². The van der Waals surface area contributed by atoms with Gasteiger partial charge in [0.1, 0.15) is 0 Å². The second kappa shape index (κ2) is 10.2. The molecule has 20 heavy (non-hydrogen) atoms. The molecular formula is C16H26ClNO2. The van der Waals surface area contributed by atoms with E-state index in [1.165, 1.54) is 0 Å². The minimum absolute atomic E-state index is 0.0225. The van der Waals surface area contributed by atoms with Crippen molar-refractivity contribution in [2.45, 2.75) is 39.4 Å². The lowest BCUT2D eigenvalue weighted by Gasteiger charge is -2.23. The van der Waals surface area contributed by atoms with E-state index in [1.54, 1.807) is 0 Å². The van der Waals surface area contributed by atoms with Crippen molar-refractivity contribution < 1.29 is 9.47 Å². The van der Waals surface area contributed by atoms with Gasteiger partial charge in [-0.3, -0.25) is 0 Å². The predicted molar refractivity (Wildman–Crippen MR) is 84.4 cm³/mol. The molecule has 114 valence electrons. The Kier molecular flexibility index (Phi) is 8.86. The first-order chi connectivity index (χ1) is 9.67. The molecule has 0 aliphatic rings. The number of benzene rings is 1. The zero-order valence-electron chi connectivity index (χ0n) is 12.7. The van der Waals surface area contributed by atoms with E-state index >= 15 is 0 Å². The van der Waals surface area contributed by atoms with Crippen LogP contribution in [0.3, 0.4) is 0 Å². The number of rotatable bonds is 10. The van der Waals surface area contributed by atoms with Crippen LogP contribution in [-0.2, 0) is 9.47 Å². The minimum atomic E-state index is 0.0225. The van der Waals surface area contributed by atoms with Crippen LogP contribution < -0.4 is 5.32 Å². The molecule has 0 fully saturated rings. The van der Waals surface area contributed by atoms with Gasteiger partial charge in [0.2, 0.25) is 0 Å².